The van der Waals surface area contributed by atoms with E-state index in [9.17, 15) is 0 Å². The molecule has 0 spiro atoms. The lowest BCUT2D eigenvalue weighted by atomic mass is 10.0. The van der Waals surface area contributed by atoms with Gasteiger partial charge in [0.1, 0.15) is 5.75 Å². The molecule has 0 heterocycles. The molecule has 14 heavy (non-hydrogen) atoms. The summed E-state index contributed by atoms with van der Waals surface area (Å²) in [6.45, 7) is 3.97. The Bertz CT molecular complexity index is 335. The van der Waals surface area contributed by atoms with E-state index in [1.54, 1.807) is 7.11 Å². The summed E-state index contributed by atoms with van der Waals surface area (Å²) in [5.74, 6) is 1.46. The number of rotatable bonds is 3. The smallest absolute Gasteiger partial charge is 0.122 e. The van der Waals surface area contributed by atoms with Crippen LogP contribution < -0.4 is 4.74 Å². The lowest BCUT2D eigenvalue weighted by Crippen LogP contribution is -1.98. The first-order valence-corrected chi connectivity index (χ1v) is 5.41. The highest BCUT2D eigenvalue weighted by molar-refractivity contribution is 6.32. The van der Waals surface area contributed by atoms with Crippen LogP contribution in [0.4, 0.5) is 0 Å². The van der Waals surface area contributed by atoms with Gasteiger partial charge in [-0.15, -0.1) is 11.6 Å². The van der Waals surface area contributed by atoms with Gasteiger partial charge >= 0.3 is 0 Å². The van der Waals surface area contributed by atoms with Gasteiger partial charge in [0.15, 0.2) is 0 Å². The van der Waals surface area contributed by atoms with E-state index in [0.717, 1.165) is 33.9 Å². The van der Waals surface area contributed by atoms with Crippen molar-refractivity contribution >= 4 is 23.2 Å². The van der Waals surface area contributed by atoms with Gasteiger partial charge < -0.3 is 4.74 Å². The van der Waals surface area contributed by atoms with E-state index in [1.807, 2.05) is 19.9 Å². The second kappa shape index (κ2) is 4.90. The van der Waals surface area contributed by atoms with Crippen LogP contribution in [0.5, 0.6) is 5.75 Å². The van der Waals surface area contributed by atoms with Crippen molar-refractivity contribution in [3.05, 3.63) is 27.8 Å². The monoisotopic (exact) mass is 232 g/mol. The average Bonchev–Trinajstić information content (AvgIpc) is 2.19. The fourth-order valence-corrected chi connectivity index (χ4v) is 1.91. The van der Waals surface area contributed by atoms with Crippen molar-refractivity contribution < 1.29 is 4.74 Å². The predicted octanol–water partition coefficient (Wildman–Crippen LogP) is 3.75. The Balaban J connectivity index is 3.29. The van der Waals surface area contributed by atoms with Gasteiger partial charge in [0.25, 0.3) is 0 Å². The van der Waals surface area contributed by atoms with Gasteiger partial charge in [0.05, 0.1) is 7.11 Å². The minimum atomic E-state index is 0.580. The Morgan fingerprint density at radius 3 is 2.50 bits per heavy atom. The Hall–Kier alpha value is -0.400. The third kappa shape index (κ3) is 2.15. The second-order valence-electron chi connectivity index (χ2n) is 3.25. The maximum atomic E-state index is 6.15. The first-order valence-electron chi connectivity index (χ1n) is 4.50. The van der Waals surface area contributed by atoms with Crippen LogP contribution >= 0.6 is 23.2 Å². The van der Waals surface area contributed by atoms with Crippen molar-refractivity contribution in [2.24, 2.45) is 0 Å². The predicted molar refractivity (Wildman–Crippen MR) is 61.9 cm³/mol. The summed E-state index contributed by atoms with van der Waals surface area (Å²) in [5.41, 5.74) is 3.22. The van der Waals surface area contributed by atoms with E-state index in [0.29, 0.717) is 5.88 Å². The molecule has 0 radical (unpaired) electrons. The molecule has 0 bridgehead atoms. The van der Waals surface area contributed by atoms with Crippen LogP contribution in [0, 0.1) is 13.8 Å². The maximum Gasteiger partial charge on any atom is 0.122 e. The lowest BCUT2D eigenvalue weighted by molar-refractivity contribution is 0.409. The highest BCUT2D eigenvalue weighted by Gasteiger charge is 2.11. The number of ether oxygens (including phenoxy) is 1. The molecule has 0 aliphatic heterocycles. The third-order valence-corrected chi connectivity index (χ3v) is 3.11. The van der Waals surface area contributed by atoms with Crippen LogP contribution in [0.15, 0.2) is 6.07 Å². The van der Waals surface area contributed by atoms with Crippen molar-refractivity contribution in [3.8, 4) is 5.75 Å². The molecule has 0 amide bonds. The van der Waals surface area contributed by atoms with Crippen molar-refractivity contribution in [2.75, 3.05) is 13.0 Å². The zero-order valence-corrected chi connectivity index (χ0v) is 10.2. The van der Waals surface area contributed by atoms with E-state index < -0.39 is 0 Å². The summed E-state index contributed by atoms with van der Waals surface area (Å²) < 4.78 is 5.30. The van der Waals surface area contributed by atoms with E-state index in [4.69, 9.17) is 27.9 Å². The number of benzene rings is 1. The number of aryl methyl sites for hydroxylation is 1. The zero-order valence-electron chi connectivity index (χ0n) is 8.66. The molecule has 78 valence electrons. The molecule has 1 rings (SSSR count). The summed E-state index contributed by atoms with van der Waals surface area (Å²) in [6.07, 6.45) is 0.788. The molecular formula is C11H14Cl2O. The highest BCUT2D eigenvalue weighted by atomic mass is 35.5. The molecule has 0 aromatic heterocycles. The first-order chi connectivity index (χ1) is 6.61. The molecule has 0 aliphatic carbocycles. The molecule has 0 aliphatic rings. The largest absolute Gasteiger partial charge is 0.496 e. The van der Waals surface area contributed by atoms with Crippen molar-refractivity contribution in [3.63, 3.8) is 0 Å². The molecule has 1 nitrogen and oxygen atoms in total. The van der Waals surface area contributed by atoms with Crippen LogP contribution in [0.1, 0.15) is 16.7 Å². The Kier molecular flexibility index (Phi) is 4.09. The van der Waals surface area contributed by atoms with E-state index in [2.05, 4.69) is 0 Å². The van der Waals surface area contributed by atoms with Crippen LogP contribution in [0.2, 0.25) is 5.02 Å². The molecule has 0 N–H and O–H groups in total. The normalized spacial score (nSPS) is 10.4. The van der Waals surface area contributed by atoms with Gasteiger partial charge in [0.2, 0.25) is 0 Å². The maximum absolute atomic E-state index is 6.15. The summed E-state index contributed by atoms with van der Waals surface area (Å²) >= 11 is 11.9. The number of halogens is 2. The van der Waals surface area contributed by atoms with Gasteiger partial charge in [0, 0.05) is 10.9 Å². The van der Waals surface area contributed by atoms with Gasteiger partial charge in [-0.05, 0) is 43.0 Å². The van der Waals surface area contributed by atoms with E-state index >= 15 is 0 Å². The standard InChI is InChI=1S/C11H14Cl2O/c1-7-6-10(14-3)9(4-5-12)8(2)11(7)13/h6H,4-5H2,1-3H3. The van der Waals surface area contributed by atoms with Gasteiger partial charge in [-0.25, -0.2) is 0 Å². The fraction of sp³-hybridized carbons (Fsp3) is 0.455. The van der Waals surface area contributed by atoms with E-state index in [1.165, 1.54) is 0 Å². The van der Waals surface area contributed by atoms with Gasteiger partial charge in [-0.1, -0.05) is 11.6 Å². The minimum absolute atomic E-state index is 0.580. The summed E-state index contributed by atoms with van der Waals surface area (Å²) in [4.78, 5) is 0. The molecule has 0 atom stereocenters. The molecule has 0 unspecified atom stereocenters. The van der Waals surface area contributed by atoms with Crippen molar-refractivity contribution in [2.45, 2.75) is 20.3 Å². The molecule has 1 aromatic rings. The first kappa shape index (κ1) is 11.7. The summed E-state index contributed by atoms with van der Waals surface area (Å²) in [6, 6.07) is 1.96. The van der Waals surface area contributed by atoms with Gasteiger partial charge in [-0.3, -0.25) is 0 Å². The lowest BCUT2D eigenvalue weighted by Gasteiger charge is -2.14. The fourth-order valence-electron chi connectivity index (χ4n) is 1.55. The Morgan fingerprint density at radius 1 is 1.36 bits per heavy atom. The van der Waals surface area contributed by atoms with Crippen molar-refractivity contribution in [1.29, 1.82) is 0 Å². The van der Waals surface area contributed by atoms with Crippen LogP contribution in [-0.4, -0.2) is 13.0 Å². The summed E-state index contributed by atoms with van der Waals surface area (Å²) in [5, 5.41) is 0.811. The molecule has 0 fully saturated rings. The van der Waals surface area contributed by atoms with Crippen LogP contribution in [0.3, 0.4) is 0 Å². The Labute approximate surface area is 95.0 Å². The third-order valence-electron chi connectivity index (χ3n) is 2.34. The SMILES string of the molecule is COc1cc(C)c(Cl)c(C)c1CCCl. The zero-order chi connectivity index (χ0) is 10.7. The second-order valence-corrected chi connectivity index (χ2v) is 4.01. The number of hydrogen-bond acceptors (Lipinski definition) is 1. The van der Waals surface area contributed by atoms with Gasteiger partial charge in [-0.2, -0.15) is 0 Å². The van der Waals surface area contributed by atoms with E-state index in [-0.39, 0.29) is 0 Å². The van der Waals surface area contributed by atoms with Crippen LogP contribution in [0.25, 0.3) is 0 Å². The molecule has 0 saturated carbocycles. The highest BCUT2D eigenvalue weighted by Crippen LogP contribution is 2.31. The molecule has 0 saturated heterocycles. The van der Waals surface area contributed by atoms with Crippen molar-refractivity contribution in [1.82, 2.24) is 0 Å². The number of alkyl halides is 1. The number of hydrogen-bond donors (Lipinski definition) is 0. The van der Waals surface area contributed by atoms with Crippen LogP contribution in [-0.2, 0) is 6.42 Å². The minimum Gasteiger partial charge on any atom is -0.496 e. The molecular weight excluding hydrogens is 219 g/mol. The molecule has 1 aromatic carbocycles. The molecule has 3 heteroatoms. The average molecular weight is 233 g/mol. The summed E-state index contributed by atoms with van der Waals surface area (Å²) in [7, 11) is 1.67. The topological polar surface area (TPSA) is 9.23 Å². The number of methoxy groups -OCH3 is 1. The quantitative estimate of drug-likeness (QED) is 0.722. The Morgan fingerprint density at radius 2 is 2.00 bits per heavy atom.